The molecule has 0 spiro atoms. The molecule has 24 heavy (non-hydrogen) atoms. The zero-order valence-corrected chi connectivity index (χ0v) is 14.8. The molecular formula is C21H28O3. The lowest BCUT2D eigenvalue weighted by Crippen LogP contribution is -1.93. The van der Waals surface area contributed by atoms with E-state index in [0.29, 0.717) is 5.75 Å². The Bertz CT molecular complexity index is 605. The molecule has 0 bridgehead atoms. The van der Waals surface area contributed by atoms with Gasteiger partial charge < -0.3 is 14.6 Å². The molecule has 0 saturated carbocycles. The van der Waals surface area contributed by atoms with Crippen molar-refractivity contribution in [3.8, 4) is 17.2 Å². The third kappa shape index (κ3) is 5.80. The Morgan fingerprint density at radius 2 is 1.21 bits per heavy atom. The van der Waals surface area contributed by atoms with Gasteiger partial charge in [0.1, 0.15) is 5.75 Å². The summed E-state index contributed by atoms with van der Waals surface area (Å²) in [5.74, 6) is 1.94. The van der Waals surface area contributed by atoms with Crippen molar-refractivity contribution >= 4 is 0 Å². The molecule has 0 aliphatic heterocycles. The van der Waals surface area contributed by atoms with Crippen molar-refractivity contribution in [1.82, 2.24) is 0 Å². The second kappa shape index (κ2) is 9.86. The average Bonchev–Trinajstić information content (AvgIpc) is 2.62. The lowest BCUT2D eigenvalue weighted by Gasteiger charge is -2.09. The van der Waals surface area contributed by atoms with Gasteiger partial charge in [-0.25, -0.2) is 0 Å². The van der Waals surface area contributed by atoms with E-state index < -0.39 is 0 Å². The molecule has 2 aromatic rings. The van der Waals surface area contributed by atoms with Crippen LogP contribution in [-0.2, 0) is 12.8 Å². The number of phenolic OH excluding ortho intramolecular Hbond substituents is 1. The number of benzene rings is 2. The van der Waals surface area contributed by atoms with Crippen LogP contribution in [-0.4, -0.2) is 19.3 Å². The summed E-state index contributed by atoms with van der Waals surface area (Å²) in [6.45, 7) is 0. The van der Waals surface area contributed by atoms with Gasteiger partial charge in [-0.05, 0) is 61.1 Å². The summed E-state index contributed by atoms with van der Waals surface area (Å²) in [6.07, 6.45) is 8.37. The molecular weight excluding hydrogens is 300 g/mol. The molecule has 0 unspecified atom stereocenters. The molecule has 0 aliphatic carbocycles. The van der Waals surface area contributed by atoms with E-state index in [1.54, 1.807) is 26.4 Å². The average molecular weight is 328 g/mol. The van der Waals surface area contributed by atoms with E-state index >= 15 is 0 Å². The lowest BCUT2D eigenvalue weighted by atomic mass is 10.0. The maximum absolute atomic E-state index is 9.27. The molecule has 2 aromatic carbocycles. The van der Waals surface area contributed by atoms with Crippen LogP contribution in [0.15, 0.2) is 42.5 Å². The Hall–Kier alpha value is -2.16. The highest BCUT2D eigenvalue weighted by atomic mass is 16.5. The summed E-state index contributed by atoms with van der Waals surface area (Å²) < 4.78 is 10.6. The minimum absolute atomic E-state index is 0.342. The number of unbranched alkanes of at least 4 members (excludes halogenated alkanes) is 4. The number of methoxy groups -OCH3 is 2. The zero-order valence-electron chi connectivity index (χ0n) is 14.8. The van der Waals surface area contributed by atoms with Crippen LogP contribution < -0.4 is 9.47 Å². The van der Waals surface area contributed by atoms with Crippen LogP contribution in [0, 0.1) is 0 Å². The van der Waals surface area contributed by atoms with Crippen LogP contribution in [0.4, 0.5) is 0 Å². The van der Waals surface area contributed by atoms with Crippen LogP contribution in [0.25, 0.3) is 0 Å². The Morgan fingerprint density at radius 3 is 1.83 bits per heavy atom. The molecule has 2 rings (SSSR count). The van der Waals surface area contributed by atoms with Crippen molar-refractivity contribution in [2.45, 2.75) is 44.9 Å². The minimum atomic E-state index is 0.342. The molecule has 3 heteroatoms. The molecule has 130 valence electrons. The standard InChI is InChI=1S/C21H28O3/c1-23-20-15-12-18(16-21(20)24-2)9-7-5-3-4-6-8-17-10-13-19(22)14-11-17/h10-16,22H,3-9H2,1-2H3. The normalized spacial score (nSPS) is 10.6. The van der Waals surface area contributed by atoms with E-state index in [1.165, 1.54) is 43.2 Å². The zero-order chi connectivity index (χ0) is 17.2. The van der Waals surface area contributed by atoms with Gasteiger partial charge >= 0.3 is 0 Å². The van der Waals surface area contributed by atoms with Gasteiger partial charge in [-0.2, -0.15) is 0 Å². The lowest BCUT2D eigenvalue weighted by molar-refractivity contribution is 0.354. The quantitative estimate of drug-likeness (QED) is 0.613. The monoisotopic (exact) mass is 328 g/mol. The second-order valence-electron chi connectivity index (χ2n) is 6.12. The first kappa shape index (κ1) is 18.2. The third-order valence-electron chi connectivity index (χ3n) is 4.32. The maximum Gasteiger partial charge on any atom is 0.160 e. The molecule has 0 aromatic heterocycles. The summed E-state index contributed by atoms with van der Waals surface area (Å²) in [6, 6.07) is 13.7. The number of hydrogen-bond donors (Lipinski definition) is 1. The van der Waals surface area contributed by atoms with E-state index in [2.05, 4.69) is 12.1 Å². The van der Waals surface area contributed by atoms with Gasteiger partial charge in [0, 0.05) is 0 Å². The molecule has 3 nitrogen and oxygen atoms in total. The van der Waals surface area contributed by atoms with Crippen LogP contribution in [0.1, 0.15) is 43.2 Å². The predicted molar refractivity (Wildman–Crippen MR) is 98.1 cm³/mol. The topological polar surface area (TPSA) is 38.7 Å². The van der Waals surface area contributed by atoms with Crippen LogP contribution >= 0.6 is 0 Å². The fourth-order valence-electron chi connectivity index (χ4n) is 2.89. The van der Waals surface area contributed by atoms with Crippen LogP contribution in [0.5, 0.6) is 17.2 Å². The number of aromatic hydroxyl groups is 1. The molecule has 0 saturated heterocycles. The second-order valence-corrected chi connectivity index (χ2v) is 6.12. The number of hydrogen-bond acceptors (Lipinski definition) is 3. The summed E-state index contributed by atoms with van der Waals surface area (Å²) in [4.78, 5) is 0. The number of phenols is 1. The number of ether oxygens (including phenoxy) is 2. The first-order valence-corrected chi connectivity index (χ1v) is 8.71. The fraction of sp³-hybridized carbons (Fsp3) is 0.429. The summed E-state index contributed by atoms with van der Waals surface area (Å²) in [5, 5.41) is 9.27. The molecule has 0 heterocycles. The van der Waals surface area contributed by atoms with Crippen LogP contribution in [0.2, 0.25) is 0 Å². The number of aryl methyl sites for hydroxylation is 2. The first-order chi connectivity index (χ1) is 11.7. The first-order valence-electron chi connectivity index (χ1n) is 8.71. The smallest absolute Gasteiger partial charge is 0.160 e. The highest BCUT2D eigenvalue weighted by Gasteiger charge is 2.04. The van der Waals surface area contributed by atoms with Gasteiger partial charge in [-0.1, -0.05) is 37.5 Å². The summed E-state index contributed by atoms with van der Waals surface area (Å²) >= 11 is 0. The molecule has 0 fully saturated rings. The Balaban J connectivity index is 1.60. The maximum atomic E-state index is 9.27. The number of rotatable bonds is 10. The summed E-state index contributed by atoms with van der Waals surface area (Å²) in [5.41, 5.74) is 2.61. The molecule has 0 amide bonds. The van der Waals surface area contributed by atoms with Gasteiger partial charge in [-0.3, -0.25) is 0 Å². The minimum Gasteiger partial charge on any atom is -0.508 e. The van der Waals surface area contributed by atoms with Gasteiger partial charge in [-0.15, -0.1) is 0 Å². The van der Waals surface area contributed by atoms with Crippen molar-refractivity contribution in [3.05, 3.63) is 53.6 Å². The van der Waals surface area contributed by atoms with Crippen molar-refractivity contribution in [3.63, 3.8) is 0 Å². The summed E-state index contributed by atoms with van der Waals surface area (Å²) in [7, 11) is 3.34. The highest BCUT2D eigenvalue weighted by Crippen LogP contribution is 2.28. The van der Waals surface area contributed by atoms with Crippen molar-refractivity contribution in [1.29, 1.82) is 0 Å². The Kier molecular flexibility index (Phi) is 7.47. The van der Waals surface area contributed by atoms with Gasteiger partial charge in [0.15, 0.2) is 11.5 Å². The molecule has 0 aliphatic rings. The van der Waals surface area contributed by atoms with Gasteiger partial charge in [0.05, 0.1) is 14.2 Å². The Morgan fingerprint density at radius 1 is 0.667 bits per heavy atom. The van der Waals surface area contributed by atoms with Gasteiger partial charge in [0.25, 0.3) is 0 Å². The van der Waals surface area contributed by atoms with E-state index in [1.807, 2.05) is 18.2 Å². The third-order valence-corrected chi connectivity index (χ3v) is 4.32. The highest BCUT2D eigenvalue weighted by molar-refractivity contribution is 5.42. The van der Waals surface area contributed by atoms with E-state index in [4.69, 9.17) is 9.47 Å². The van der Waals surface area contributed by atoms with E-state index in [0.717, 1.165) is 24.3 Å². The largest absolute Gasteiger partial charge is 0.508 e. The van der Waals surface area contributed by atoms with Crippen molar-refractivity contribution in [2.24, 2.45) is 0 Å². The molecule has 0 atom stereocenters. The van der Waals surface area contributed by atoms with Gasteiger partial charge in [0.2, 0.25) is 0 Å². The van der Waals surface area contributed by atoms with E-state index in [9.17, 15) is 5.11 Å². The molecule has 1 N–H and O–H groups in total. The SMILES string of the molecule is COc1ccc(CCCCCCCc2ccc(O)cc2)cc1OC. The predicted octanol–water partition coefficient (Wildman–Crippen LogP) is 5.15. The van der Waals surface area contributed by atoms with Crippen molar-refractivity contribution < 1.29 is 14.6 Å². The van der Waals surface area contributed by atoms with Crippen LogP contribution in [0.3, 0.4) is 0 Å². The van der Waals surface area contributed by atoms with Crippen molar-refractivity contribution in [2.75, 3.05) is 14.2 Å². The fourth-order valence-corrected chi connectivity index (χ4v) is 2.89. The molecule has 0 radical (unpaired) electrons. The van der Waals surface area contributed by atoms with E-state index in [-0.39, 0.29) is 0 Å². The Labute approximate surface area is 145 Å².